The molecule has 0 radical (unpaired) electrons. The van der Waals surface area contributed by atoms with E-state index in [0.29, 0.717) is 0 Å². The maximum absolute atomic E-state index is 4.79. The number of benzene rings is 2. The second-order valence-electron chi connectivity index (χ2n) is 8.12. The third-order valence-electron chi connectivity index (χ3n) is 6.24. The standard InChI is InChI=1S/C27H34N4.ClH/c1-3-30(4-2)20-18-28-21-25-27-24(16-17-29-25)23-14-8-9-15-26(23)31(27)19-10-13-22-11-6-5-7-12-22;/h5-9,11-12,14-17,28H,3-4,10,13,18-21H2,1-2H3;1H. The van der Waals surface area contributed by atoms with Gasteiger partial charge in [0.1, 0.15) is 0 Å². The summed E-state index contributed by atoms with van der Waals surface area (Å²) in [7, 11) is 0. The van der Waals surface area contributed by atoms with Gasteiger partial charge in [0, 0.05) is 48.7 Å². The van der Waals surface area contributed by atoms with Crippen molar-refractivity contribution in [1.29, 1.82) is 0 Å². The van der Waals surface area contributed by atoms with Gasteiger partial charge in [-0.1, -0.05) is 62.4 Å². The molecule has 0 saturated carbocycles. The van der Waals surface area contributed by atoms with Gasteiger partial charge in [0.2, 0.25) is 0 Å². The molecule has 0 bridgehead atoms. The number of hydrogen-bond donors (Lipinski definition) is 1. The summed E-state index contributed by atoms with van der Waals surface area (Å²) in [6.07, 6.45) is 4.17. The van der Waals surface area contributed by atoms with E-state index >= 15 is 0 Å². The Morgan fingerprint density at radius 3 is 2.44 bits per heavy atom. The lowest BCUT2D eigenvalue weighted by atomic mass is 10.1. The fraction of sp³-hybridized carbons (Fsp3) is 0.370. The second-order valence-corrected chi connectivity index (χ2v) is 8.12. The van der Waals surface area contributed by atoms with Gasteiger partial charge in [-0.2, -0.15) is 0 Å². The van der Waals surface area contributed by atoms with E-state index in [1.54, 1.807) is 0 Å². The van der Waals surface area contributed by atoms with Crippen molar-refractivity contribution in [2.24, 2.45) is 0 Å². The number of nitrogens with one attached hydrogen (secondary N) is 1. The Labute approximate surface area is 198 Å². The van der Waals surface area contributed by atoms with Gasteiger partial charge in [-0.25, -0.2) is 0 Å². The van der Waals surface area contributed by atoms with Gasteiger partial charge >= 0.3 is 0 Å². The van der Waals surface area contributed by atoms with Gasteiger partial charge in [-0.15, -0.1) is 12.4 Å². The zero-order chi connectivity index (χ0) is 21.5. The predicted molar refractivity (Wildman–Crippen MR) is 139 cm³/mol. The molecule has 0 fully saturated rings. The number of halogens is 1. The van der Waals surface area contributed by atoms with E-state index in [1.807, 2.05) is 6.20 Å². The molecular formula is C27H35ClN4. The Bertz CT molecular complexity index is 1100. The minimum absolute atomic E-state index is 0. The fourth-order valence-corrected chi connectivity index (χ4v) is 4.50. The number of aromatic nitrogens is 2. The highest BCUT2D eigenvalue weighted by Crippen LogP contribution is 2.30. The molecule has 0 spiro atoms. The average Bonchev–Trinajstić information content (AvgIpc) is 3.14. The third kappa shape index (κ3) is 5.50. The van der Waals surface area contributed by atoms with Crippen molar-refractivity contribution in [3.8, 4) is 0 Å². The van der Waals surface area contributed by atoms with Crippen LogP contribution in [0.5, 0.6) is 0 Å². The van der Waals surface area contributed by atoms with Crippen LogP contribution in [0.4, 0.5) is 0 Å². The topological polar surface area (TPSA) is 33.1 Å². The monoisotopic (exact) mass is 450 g/mol. The quantitative estimate of drug-likeness (QED) is 0.298. The van der Waals surface area contributed by atoms with Crippen LogP contribution in [0.25, 0.3) is 21.8 Å². The number of nitrogens with zero attached hydrogens (tertiary/aromatic N) is 3. The summed E-state index contributed by atoms with van der Waals surface area (Å²) in [5.74, 6) is 0. The molecule has 4 nitrogen and oxygen atoms in total. The summed E-state index contributed by atoms with van der Waals surface area (Å²) in [6, 6.07) is 21.7. The molecular weight excluding hydrogens is 416 g/mol. The van der Waals surface area contributed by atoms with Gasteiger partial charge in [0.15, 0.2) is 0 Å². The molecule has 2 heterocycles. The Kier molecular flexibility index (Phi) is 9.10. The van der Waals surface area contributed by atoms with E-state index in [0.717, 1.165) is 57.8 Å². The van der Waals surface area contributed by atoms with Crippen molar-refractivity contribution in [3.63, 3.8) is 0 Å². The minimum Gasteiger partial charge on any atom is -0.339 e. The summed E-state index contributed by atoms with van der Waals surface area (Å²) < 4.78 is 2.49. The third-order valence-corrected chi connectivity index (χ3v) is 6.24. The lowest BCUT2D eigenvalue weighted by Gasteiger charge is -2.18. The average molecular weight is 451 g/mol. The number of likely N-dealkylation sites (N-methyl/N-ethyl adjacent to an activating group) is 1. The Morgan fingerprint density at radius 1 is 0.906 bits per heavy atom. The molecule has 4 rings (SSSR count). The van der Waals surface area contributed by atoms with Crippen LogP contribution >= 0.6 is 12.4 Å². The lowest BCUT2D eigenvalue weighted by molar-refractivity contribution is 0.302. The summed E-state index contributed by atoms with van der Waals surface area (Å²) in [5.41, 5.74) is 5.14. The number of aryl methyl sites for hydroxylation is 2. The molecule has 170 valence electrons. The van der Waals surface area contributed by atoms with Crippen LogP contribution in [-0.4, -0.2) is 40.6 Å². The van der Waals surface area contributed by atoms with Gasteiger partial charge in [0.25, 0.3) is 0 Å². The zero-order valence-electron chi connectivity index (χ0n) is 19.3. The summed E-state index contributed by atoms with van der Waals surface area (Å²) in [5, 5.41) is 6.26. The van der Waals surface area contributed by atoms with Crippen LogP contribution < -0.4 is 5.32 Å². The predicted octanol–water partition coefficient (Wildman–Crippen LogP) is 5.68. The van der Waals surface area contributed by atoms with Crippen molar-refractivity contribution in [2.75, 3.05) is 26.2 Å². The molecule has 5 heteroatoms. The maximum atomic E-state index is 4.79. The first kappa shape index (κ1) is 24.2. The molecule has 1 N–H and O–H groups in total. The van der Waals surface area contributed by atoms with E-state index in [4.69, 9.17) is 4.98 Å². The first-order valence-electron chi connectivity index (χ1n) is 11.6. The highest BCUT2D eigenvalue weighted by atomic mass is 35.5. The highest BCUT2D eigenvalue weighted by Gasteiger charge is 2.14. The first-order chi connectivity index (χ1) is 15.3. The number of para-hydroxylation sites is 1. The molecule has 4 aromatic rings. The Hall–Kier alpha value is -2.40. The van der Waals surface area contributed by atoms with Crippen molar-refractivity contribution in [1.82, 2.24) is 19.8 Å². The van der Waals surface area contributed by atoms with Crippen LogP contribution in [0.2, 0.25) is 0 Å². The first-order valence-corrected chi connectivity index (χ1v) is 11.6. The van der Waals surface area contributed by atoms with Crippen LogP contribution in [0, 0.1) is 0 Å². The number of fused-ring (bicyclic) bond motifs is 3. The van der Waals surface area contributed by atoms with Crippen molar-refractivity contribution in [2.45, 2.75) is 39.8 Å². The van der Waals surface area contributed by atoms with Crippen LogP contribution in [0.3, 0.4) is 0 Å². The number of pyridine rings is 1. The van der Waals surface area contributed by atoms with Gasteiger partial charge in [-0.05, 0) is 43.6 Å². The highest BCUT2D eigenvalue weighted by molar-refractivity contribution is 6.08. The molecule has 0 aliphatic rings. The van der Waals surface area contributed by atoms with Crippen LogP contribution in [0.15, 0.2) is 66.9 Å². The Balaban J connectivity index is 0.00000289. The van der Waals surface area contributed by atoms with Crippen molar-refractivity contribution >= 4 is 34.2 Å². The number of hydrogen-bond acceptors (Lipinski definition) is 3. The lowest BCUT2D eigenvalue weighted by Crippen LogP contribution is -2.31. The molecule has 2 aromatic heterocycles. The minimum atomic E-state index is 0. The summed E-state index contributed by atoms with van der Waals surface area (Å²) >= 11 is 0. The van der Waals surface area contributed by atoms with E-state index < -0.39 is 0 Å². The maximum Gasteiger partial charge on any atom is 0.0784 e. The molecule has 0 saturated heterocycles. The van der Waals surface area contributed by atoms with E-state index in [2.05, 4.69) is 89.3 Å². The normalized spacial score (nSPS) is 11.3. The van der Waals surface area contributed by atoms with E-state index in [-0.39, 0.29) is 12.4 Å². The summed E-state index contributed by atoms with van der Waals surface area (Å²) in [6.45, 7) is 10.5. The second kappa shape index (κ2) is 12.0. The van der Waals surface area contributed by atoms with Crippen molar-refractivity contribution < 1.29 is 0 Å². The van der Waals surface area contributed by atoms with Gasteiger partial charge < -0.3 is 14.8 Å². The molecule has 0 atom stereocenters. The zero-order valence-corrected chi connectivity index (χ0v) is 20.1. The van der Waals surface area contributed by atoms with Crippen molar-refractivity contribution in [3.05, 3.63) is 78.1 Å². The molecule has 2 aromatic carbocycles. The smallest absolute Gasteiger partial charge is 0.0784 e. The van der Waals surface area contributed by atoms with Gasteiger partial charge in [0.05, 0.1) is 11.2 Å². The molecule has 0 aliphatic carbocycles. The number of rotatable bonds is 11. The Morgan fingerprint density at radius 2 is 1.66 bits per heavy atom. The van der Waals surface area contributed by atoms with Crippen LogP contribution in [-0.2, 0) is 19.5 Å². The van der Waals surface area contributed by atoms with Gasteiger partial charge in [-0.3, -0.25) is 4.98 Å². The van der Waals surface area contributed by atoms with E-state index in [9.17, 15) is 0 Å². The molecule has 32 heavy (non-hydrogen) atoms. The summed E-state index contributed by atoms with van der Waals surface area (Å²) in [4.78, 5) is 7.24. The molecule has 0 unspecified atom stereocenters. The van der Waals surface area contributed by atoms with Crippen LogP contribution in [0.1, 0.15) is 31.5 Å². The molecule has 0 amide bonds. The fourth-order valence-electron chi connectivity index (χ4n) is 4.50. The SMILES string of the molecule is CCN(CC)CCNCc1nccc2c3ccccc3n(CCCc3ccccc3)c12.Cl. The molecule has 0 aliphatic heterocycles. The largest absolute Gasteiger partial charge is 0.339 e. The van der Waals surface area contributed by atoms with E-state index in [1.165, 1.54) is 27.4 Å².